The van der Waals surface area contributed by atoms with Crippen molar-refractivity contribution in [1.29, 1.82) is 0 Å². The molecule has 0 aromatic heterocycles. The lowest BCUT2D eigenvalue weighted by Crippen LogP contribution is -2.90. The van der Waals surface area contributed by atoms with Gasteiger partial charge in [0.25, 0.3) is 0 Å². The van der Waals surface area contributed by atoms with Gasteiger partial charge in [0, 0.05) is 6.42 Å². The molecule has 0 aliphatic heterocycles. The van der Waals surface area contributed by atoms with Gasteiger partial charge in [-0.25, -0.2) is 0 Å². The predicted molar refractivity (Wildman–Crippen MR) is 75.0 cm³/mol. The van der Waals surface area contributed by atoms with Crippen molar-refractivity contribution < 1.29 is 10.1 Å². The lowest BCUT2D eigenvalue weighted by atomic mass is 10.1. The maximum absolute atomic E-state index is 5.39. The van der Waals surface area contributed by atoms with Crippen LogP contribution in [0, 0.1) is 0 Å². The third kappa shape index (κ3) is 4.02. The topological polar surface area (TPSA) is 25.8 Å². The average molecular weight is 248 g/mol. The quantitative estimate of drug-likeness (QED) is 0.796. The number of rotatable bonds is 5. The molecule has 1 aliphatic rings. The standard InChI is InChI=1S/C16H25NO/c1-18-16-11-7-6-8-14(16)12-13-17-15-9-4-2-3-5-10-15/h6-8,11,15,17H,2-5,9-10,12-13H2,1H3/p+1. The number of nitrogens with two attached hydrogens (primary N) is 1. The Morgan fingerprint density at radius 2 is 1.83 bits per heavy atom. The molecule has 0 spiro atoms. The molecule has 0 saturated heterocycles. The van der Waals surface area contributed by atoms with Crippen LogP contribution in [-0.2, 0) is 6.42 Å². The van der Waals surface area contributed by atoms with Crippen molar-refractivity contribution in [3.63, 3.8) is 0 Å². The molecule has 0 atom stereocenters. The Balaban J connectivity index is 1.77. The number of hydrogen-bond acceptors (Lipinski definition) is 1. The molecule has 2 rings (SSSR count). The van der Waals surface area contributed by atoms with Crippen molar-refractivity contribution in [3.05, 3.63) is 29.8 Å². The van der Waals surface area contributed by atoms with E-state index in [0.717, 1.165) is 18.2 Å². The zero-order valence-electron chi connectivity index (χ0n) is 11.5. The van der Waals surface area contributed by atoms with Gasteiger partial charge >= 0.3 is 0 Å². The van der Waals surface area contributed by atoms with Gasteiger partial charge in [-0.05, 0) is 37.3 Å². The van der Waals surface area contributed by atoms with Crippen LogP contribution in [0.1, 0.15) is 44.1 Å². The van der Waals surface area contributed by atoms with E-state index in [2.05, 4.69) is 23.5 Å². The minimum Gasteiger partial charge on any atom is -0.496 e. The Bertz CT molecular complexity index is 343. The molecule has 0 radical (unpaired) electrons. The van der Waals surface area contributed by atoms with Crippen molar-refractivity contribution >= 4 is 0 Å². The summed E-state index contributed by atoms with van der Waals surface area (Å²) in [5.41, 5.74) is 1.34. The van der Waals surface area contributed by atoms with Crippen molar-refractivity contribution in [2.24, 2.45) is 0 Å². The normalized spacial score (nSPS) is 17.4. The fourth-order valence-corrected chi connectivity index (χ4v) is 2.93. The first kappa shape index (κ1) is 13.4. The van der Waals surface area contributed by atoms with Crippen molar-refractivity contribution in [2.45, 2.75) is 51.0 Å². The molecular formula is C16H26NO+. The third-order valence-electron chi connectivity index (χ3n) is 4.01. The van der Waals surface area contributed by atoms with Crippen LogP contribution in [0.2, 0.25) is 0 Å². The largest absolute Gasteiger partial charge is 0.496 e. The Morgan fingerprint density at radius 1 is 1.11 bits per heavy atom. The van der Waals surface area contributed by atoms with Crippen LogP contribution in [0.3, 0.4) is 0 Å². The zero-order chi connectivity index (χ0) is 12.6. The summed E-state index contributed by atoms with van der Waals surface area (Å²) < 4.78 is 5.39. The van der Waals surface area contributed by atoms with Crippen molar-refractivity contribution in [3.8, 4) is 5.75 Å². The first-order chi connectivity index (χ1) is 8.90. The van der Waals surface area contributed by atoms with Gasteiger partial charge in [0.1, 0.15) is 5.75 Å². The van der Waals surface area contributed by atoms with Gasteiger partial charge in [-0.1, -0.05) is 31.0 Å². The number of ether oxygens (including phenoxy) is 1. The first-order valence-electron chi connectivity index (χ1n) is 7.35. The van der Waals surface area contributed by atoms with Crippen molar-refractivity contribution in [2.75, 3.05) is 13.7 Å². The smallest absolute Gasteiger partial charge is 0.122 e. The molecule has 100 valence electrons. The second-order valence-electron chi connectivity index (χ2n) is 5.34. The van der Waals surface area contributed by atoms with Crippen LogP contribution in [0.4, 0.5) is 0 Å². The molecule has 1 aromatic carbocycles. The summed E-state index contributed by atoms with van der Waals surface area (Å²) in [7, 11) is 1.76. The van der Waals surface area contributed by atoms with Crippen LogP contribution in [-0.4, -0.2) is 19.7 Å². The molecule has 1 saturated carbocycles. The molecule has 1 fully saturated rings. The highest BCUT2D eigenvalue weighted by Crippen LogP contribution is 2.17. The van der Waals surface area contributed by atoms with Gasteiger partial charge < -0.3 is 10.1 Å². The number of para-hydroxylation sites is 1. The second kappa shape index (κ2) is 7.42. The molecule has 1 aromatic rings. The van der Waals surface area contributed by atoms with Crippen LogP contribution >= 0.6 is 0 Å². The van der Waals surface area contributed by atoms with Crippen molar-refractivity contribution in [1.82, 2.24) is 0 Å². The fraction of sp³-hybridized carbons (Fsp3) is 0.625. The maximum Gasteiger partial charge on any atom is 0.122 e. The molecule has 2 nitrogen and oxygen atoms in total. The van der Waals surface area contributed by atoms with E-state index in [0.29, 0.717) is 0 Å². The minimum atomic E-state index is 0.863. The van der Waals surface area contributed by atoms with Crippen LogP contribution < -0.4 is 10.1 Å². The summed E-state index contributed by atoms with van der Waals surface area (Å²) in [5, 5.41) is 2.55. The second-order valence-corrected chi connectivity index (χ2v) is 5.34. The predicted octanol–water partition coefficient (Wildman–Crippen LogP) is 2.52. The first-order valence-corrected chi connectivity index (χ1v) is 7.35. The minimum absolute atomic E-state index is 0.863. The Hall–Kier alpha value is -1.02. The molecule has 0 amide bonds. The lowest BCUT2D eigenvalue weighted by molar-refractivity contribution is -0.690. The molecule has 18 heavy (non-hydrogen) atoms. The number of benzene rings is 1. The highest BCUT2D eigenvalue weighted by Gasteiger charge is 2.14. The van der Waals surface area contributed by atoms with Crippen LogP contribution in [0.5, 0.6) is 5.75 Å². The fourth-order valence-electron chi connectivity index (χ4n) is 2.93. The number of hydrogen-bond donors (Lipinski definition) is 1. The SMILES string of the molecule is COc1ccccc1CC[NH2+]C1CCCCCC1. The number of quaternary nitrogens is 1. The van der Waals surface area contributed by atoms with E-state index in [-0.39, 0.29) is 0 Å². The average Bonchev–Trinajstić information content (AvgIpc) is 2.68. The molecule has 0 unspecified atom stereocenters. The summed E-state index contributed by atoms with van der Waals surface area (Å²) in [6.07, 6.45) is 9.66. The zero-order valence-corrected chi connectivity index (χ0v) is 11.5. The van der Waals surface area contributed by atoms with Gasteiger partial charge in [0.2, 0.25) is 0 Å². The number of methoxy groups -OCH3 is 1. The van der Waals surface area contributed by atoms with Gasteiger partial charge in [0.05, 0.1) is 19.7 Å². The Labute approximate surface area is 111 Å². The maximum atomic E-state index is 5.39. The molecule has 0 bridgehead atoms. The lowest BCUT2D eigenvalue weighted by Gasteiger charge is -2.13. The summed E-state index contributed by atoms with van der Waals surface area (Å²) in [6, 6.07) is 9.24. The van der Waals surface area contributed by atoms with E-state index in [4.69, 9.17) is 4.74 Å². The Kier molecular flexibility index (Phi) is 5.53. The Morgan fingerprint density at radius 3 is 2.56 bits per heavy atom. The molecule has 0 heterocycles. The van der Waals surface area contributed by atoms with Gasteiger partial charge in [-0.2, -0.15) is 0 Å². The molecule has 2 N–H and O–H groups in total. The van der Waals surface area contributed by atoms with Crippen LogP contribution in [0.15, 0.2) is 24.3 Å². The van der Waals surface area contributed by atoms with E-state index in [1.54, 1.807) is 7.11 Å². The summed E-state index contributed by atoms with van der Waals surface area (Å²) >= 11 is 0. The summed E-state index contributed by atoms with van der Waals surface area (Å²) in [5.74, 6) is 1.03. The third-order valence-corrected chi connectivity index (χ3v) is 4.01. The van der Waals surface area contributed by atoms with E-state index < -0.39 is 0 Å². The highest BCUT2D eigenvalue weighted by atomic mass is 16.5. The van der Waals surface area contributed by atoms with Gasteiger partial charge in [-0.15, -0.1) is 0 Å². The summed E-state index contributed by atoms with van der Waals surface area (Å²) in [4.78, 5) is 0. The monoisotopic (exact) mass is 248 g/mol. The van der Waals surface area contributed by atoms with Crippen LogP contribution in [0.25, 0.3) is 0 Å². The molecule has 1 aliphatic carbocycles. The van der Waals surface area contributed by atoms with E-state index in [1.165, 1.54) is 50.6 Å². The molecular weight excluding hydrogens is 222 g/mol. The van der Waals surface area contributed by atoms with Gasteiger partial charge in [-0.3, -0.25) is 0 Å². The van der Waals surface area contributed by atoms with Gasteiger partial charge in [0.15, 0.2) is 0 Å². The van der Waals surface area contributed by atoms with E-state index in [1.807, 2.05) is 6.07 Å². The highest BCUT2D eigenvalue weighted by molar-refractivity contribution is 5.33. The van der Waals surface area contributed by atoms with E-state index >= 15 is 0 Å². The molecule has 2 heteroatoms. The summed E-state index contributed by atoms with van der Waals surface area (Å²) in [6.45, 7) is 1.19. The van der Waals surface area contributed by atoms with E-state index in [9.17, 15) is 0 Å².